The Hall–Kier alpha value is -0.290. The molecule has 17 heavy (non-hydrogen) atoms. The number of sulfone groups is 1. The Morgan fingerprint density at radius 1 is 1.24 bits per heavy atom. The number of rotatable bonds is 6. The molecule has 0 amide bonds. The van der Waals surface area contributed by atoms with Gasteiger partial charge in [0.1, 0.15) is 0 Å². The lowest BCUT2D eigenvalue weighted by Crippen LogP contribution is -2.23. The van der Waals surface area contributed by atoms with Gasteiger partial charge in [-0.1, -0.05) is 30.1 Å². The van der Waals surface area contributed by atoms with Gasteiger partial charge in [-0.15, -0.1) is 0 Å². The van der Waals surface area contributed by atoms with Crippen molar-refractivity contribution in [2.45, 2.75) is 18.2 Å². The maximum Gasteiger partial charge on any atom is 0.181 e. The second-order valence-corrected chi connectivity index (χ2v) is 6.56. The fourth-order valence-corrected chi connectivity index (χ4v) is 3.35. The van der Waals surface area contributed by atoms with Crippen molar-refractivity contribution < 1.29 is 8.42 Å². The first-order valence-electron chi connectivity index (χ1n) is 5.36. The minimum absolute atomic E-state index is 0.0209. The Kier molecular flexibility index (Phi) is 5.73. The van der Waals surface area contributed by atoms with E-state index >= 15 is 0 Å². The Bertz CT molecular complexity index is 474. The zero-order valence-corrected chi connectivity index (χ0v) is 11.9. The maximum absolute atomic E-state index is 12.0. The minimum atomic E-state index is -3.37. The number of nitrogens with one attached hydrogen (secondary N) is 1. The molecule has 0 aromatic heterocycles. The second-order valence-electron chi connectivity index (χ2n) is 3.64. The fourth-order valence-electron chi connectivity index (χ4n) is 1.33. The largest absolute Gasteiger partial charge is 0.316 e. The van der Waals surface area contributed by atoms with Crippen LogP contribution in [0.25, 0.3) is 0 Å². The first-order valence-corrected chi connectivity index (χ1v) is 7.76. The van der Waals surface area contributed by atoms with Crippen LogP contribution in [0.5, 0.6) is 0 Å². The van der Waals surface area contributed by atoms with Crippen LogP contribution in [-0.4, -0.2) is 27.3 Å². The fraction of sp³-hybridized carbons (Fsp3) is 0.455. The Balaban J connectivity index is 2.79. The molecule has 0 heterocycles. The van der Waals surface area contributed by atoms with Crippen molar-refractivity contribution in [2.75, 3.05) is 18.8 Å². The number of hydrogen-bond acceptors (Lipinski definition) is 3. The third-order valence-corrected chi connectivity index (χ3v) is 4.63. The van der Waals surface area contributed by atoms with Crippen LogP contribution in [0.3, 0.4) is 0 Å². The summed E-state index contributed by atoms with van der Waals surface area (Å²) in [5.41, 5.74) is 0. The van der Waals surface area contributed by atoms with Crippen LogP contribution in [0.15, 0.2) is 23.1 Å². The second kappa shape index (κ2) is 6.59. The molecule has 0 saturated heterocycles. The summed E-state index contributed by atoms with van der Waals surface area (Å²) in [5.74, 6) is 0.0209. The molecule has 0 bridgehead atoms. The summed E-state index contributed by atoms with van der Waals surface area (Å²) in [6.07, 6.45) is 0.970. The molecule has 0 saturated carbocycles. The van der Waals surface area contributed by atoms with E-state index in [-0.39, 0.29) is 15.7 Å². The number of hydrogen-bond donors (Lipinski definition) is 1. The molecule has 1 aromatic carbocycles. The maximum atomic E-state index is 12.0. The third-order valence-electron chi connectivity index (χ3n) is 2.20. The van der Waals surface area contributed by atoms with Gasteiger partial charge < -0.3 is 5.32 Å². The molecule has 1 N–H and O–H groups in total. The van der Waals surface area contributed by atoms with E-state index in [9.17, 15) is 8.42 Å². The third kappa shape index (κ3) is 4.47. The minimum Gasteiger partial charge on any atom is -0.316 e. The van der Waals surface area contributed by atoms with Gasteiger partial charge >= 0.3 is 0 Å². The quantitative estimate of drug-likeness (QED) is 0.821. The Morgan fingerprint density at radius 3 is 2.59 bits per heavy atom. The van der Waals surface area contributed by atoms with E-state index in [4.69, 9.17) is 23.2 Å². The van der Waals surface area contributed by atoms with E-state index in [0.717, 1.165) is 13.0 Å². The zero-order chi connectivity index (χ0) is 12.9. The molecular weight excluding hydrogens is 281 g/mol. The summed E-state index contributed by atoms with van der Waals surface area (Å²) in [6.45, 7) is 3.24. The van der Waals surface area contributed by atoms with Gasteiger partial charge in [-0.3, -0.25) is 0 Å². The highest BCUT2D eigenvalue weighted by Crippen LogP contribution is 2.25. The smallest absolute Gasteiger partial charge is 0.181 e. The van der Waals surface area contributed by atoms with Crippen molar-refractivity contribution in [2.24, 2.45) is 0 Å². The van der Waals surface area contributed by atoms with Crippen molar-refractivity contribution in [1.82, 2.24) is 5.32 Å². The molecule has 6 heteroatoms. The lowest BCUT2D eigenvalue weighted by Gasteiger charge is -2.07. The average molecular weight is 296 g/mol. The zero-order valence-electron chi connectivity index (χ0n) is 9.54. The molecule has 0 unspecified atom stereocenters. The summed E-state index contributed by atoms with van der Waals surface area (Å²) < 4.78 is 24.0. The highest BCUT2D eigenvalue weighted by Gasteiger charge is 2.17. The van der Waals surface area contributed by atoms with Gasteiger partial charge in [0.2, 0.25) is 0 Å². The average Bonchev–Trinajstić information content (AvgIpc) is 2.28. The predicted molar refractivity (Wildman–Crippen MR) is 71.7 cm³/mol. The van der Waals surface area contributed by atoms with Gasteiger partial charge in [-0.05, 0) is 31.2 Å². The van der Waals surface area contributed by atoms with Crippen LogP contribution in [-0.2, 0) is 9.84 Å². The highest BCUT2D eigenvalue weighted by molar-refractivity contribution is 7.91. The van der Waals surface area contributed by atoms with E-state index in [1.54, 1.807) is 6.07 Å². The van der Waals surface area contributed by atoms with E-state index in [1.165, 1.54) is 12.1 Å². The Labute approximate surface area is 112 Å². The van der Waals surface area contributed by atoms with E-state index in [0.29, 0.717) is 11.6 Å². The lowest BCUT2D eigenvalue weighted by atomic mass is 10.4. The van der Waals surface area contributed by atoms with Crippen LogP contribution < -0.4 is 5.32 Å². The molecule has 96 valence electrons. The number of halogens is 2. The van der Waals surface area contributed by atoms with Crippen LogP contribution in [0, 0.1) is 0 Å². The van der Waals surface area contributed by atoms with Gasteiger partial charge in [0.25, 0.3) is 0 Å². The van der Waals surface area contributed by atoms with Crippen molar-refractivity contribution in [1.29, 1.82) is 0 Å². The highest BCUT2D eigenvalue weighted by atomic mass is 35.5. The van der Waals surface area contributed by atoms with E-state index < -0.39 is 9.84 Å². The lowest BCUT2D eigenvalue weighted by molar-refractivity contribution is 0.590. The van der Waals surface area contributed by atoms with Gasteiger partial charge in [0.15, 0.2) is 9.84 Å². The summed E-state index contributed by atoms with van der Waals surface area (Å²) in [6, 6.07) is 4.45. The molecule has 1 rings (SSSR count). The number of benzene rings is 1. The predicted octanol–water partition coefficient (Wildman–Crippen LogP) is 2.77. The molecule has 1 aromatic rings. The SMILES string of the molecule is CCCNCCS(=O)(=O)c1cc(Cl)ccc1Cl. The topological polar surface area (TPSA) is 46.2 Å². The van der Waals surface area contributed by atoms with Crippen LogP contribution in [0.4, 0.5) is 0 Å². The normalized spacial score (nSPS) is 11.7. The molecule has 0 spiro atoms. The van der Waals surface area contributed by atoms with Gasteiger partial charge in [0.05, 0.1) is 15.7 Å². The molecule has 0 radical (unpaired) electrons. The van der Waals surface area contributed by atoms with Crippen LogP contribution in [0.2, 0.25) is 10.0 Å². The van der Waals surface area contributed by atoms with Gasteiger partial charge in [-0.25, -0.2) is 8.42 Å². The van der Waals surface area contributed by atoms with Crippen molar-refractivity contribution in [3.05, 3.63) is 28.2 Å². The standard InChI is InChI=1S/C11H15Cl2NO2S/c1-2-5-14-6-7-17(15,16)11-8-9(12)3-4-10(11)13/h3-4,8,14H,2,5-7H2,1H3. The molecule has 3 nitrogen and oxygen atoms in total. The van der Waals surface area contributed by atoms with Crippen LogP contribution >= 0.6 is 23.2 Å². The summed E-state index contributed by atoms with van der Waals surface area (Å²) in [5, 5.41) is 3.62. The molecule has 0 aliphatic heterocycles. The molecule has 0 fully saturated rings. The summed E-state index contributed by atoms with van der Waals surface area (Å²) in [4.78, 5) is 0.102. The molecular formula is C11H15Cl2NO2S. The van der Waals surface area contributed by atoms with Crippen LogP contribution in [0.1, 0.15) is 13.3 Å². The summed E-state index contributed by atoms with van der Waals surface area (Å²) in [7, 11) is -3.37. The van der Waals surface area contributed by atoms with Crippen molar-refractivity contribution in [3.63, 3.8) is 0 Å². The molecule has 0 aliphatic rings. The molecule has 0 aliphatic carbocycles. The first kappa shape index (κ1) is 14.8. The van der Waals surface area contributed by atoms with E-state index in [2.05, 4.69) is 5.32 Å². The first-order chi connectivity index (χ1) is 7.97. The van der Waals surface area contributed by atoms with Crippen molar-refractivity contribution in [3.8, 4) is 0 Å². The monoisotopic (exact) mass is 295 g/mol. The van der Waals surface area contributed by atoms with Crippen molar-refractivity contribution >= 4 is 33.0 Å². The van der Waals surface area contributed by atoms with Gasteiger partial charge in [0, 0.05) is 11.6 Å². The Morgan fingerprint density at radius 2 is 1.94 bits per heavy atom. The summed E-state index contributed by atoms with van der Waals surface area (Å²) >= 11 is 11.6. The van der Waals surface area contributed by atoms with E-state index in [1.807, 2.05) is 6.92 Å². The van der Waals surface area contributed by atoms with Gasteiger partial charge in [-0.2, -0.15) is 0 Å². The molecule has 0 atom stereocenters.